The summed E-state index contributed by atoms with van der Waals surface area (Å²) in [5, 5.41) is 13.9. The number of hydroxylamine groups is 1. The second-order valence-electron chi connectivity index (χ2n) is 5.71. The van der Waals surface area contributed by atoms with Crippen LogP contribution in [0.4, 0.5) is 5.69 Å². The molecule has 0 aliphatic carbocycles. The third-order valence-corrected chi connectivity index (χ3v) is 5.51. The van der Waals surface area contributed by atoms with Gasteiger partial charge < -0.3 is 5.32 Å². The van der Waals surface area contributed by atoms with Gasteiger partial charge in [0.2, 0.25) is 0 Å². The van der Waals surface area contributed by atoms with Crippen LogP contribution in [0.1, 0.15) is 6.92 Å². The molecule has 0 bridgehead atoms. The number of hydrogen-bond donors (Lipinski definition) is 1. The smallest absolute Gasteiger partial charge is 0.269 e. The van der Waals surface area contributed by atoms with Gasteiger partial charge >= 0.3 is 0 Å². The molecule has 1 heterocycles. The molecule has 0 spiro atoms. The van der Waals surface area contributed by atoms with Crippen molar-refractivity contribution in [2.75, 3.05) is 19.7 Å². The Morgan fingerprint density at radius 2 is 2.12 bits per heavy atom. The zero-order valence-corrected chi connectivity index (χ0v) is 15.2. The highest BCUT2D eigenvalue weighted by atomic mass is 32.2. The molecule has 1 aromatic carbocycles. The number of nitro benzene ring substituents is 1. The number of nitro groups is 1. The molecule has 1 atom stereocenters. The van der Waals surface area contributed by atoms with Crippen LogP contribution < -0.4 is 5.32 Å². The van der Waals surface area contributed by atoms with Gasteiger partial charge in [-0.1, -0.05) is 28.8 Å². The van der Waals surface area contributed by atoms with E-state index in [4.69, 9.17) is 4.84 Å². The lowest BCUT2D eigenvalue weighted by atomic mass is 9.98. The van der Waals surface area contributed by atoms with Crippen molar-refractivity contribution in [2.45, 2.75) is 17.9 Å². The number of benzene rings is 1. The Balaban J connectivity index is 2.45. The molecule has 9 heteroatoms. The van der Waals surface area contributed by atoms with E-state index in [1.807, 2.05) is 6.08 Å². The van der Waals surface area contributed by atoms with E-state index in [1.165, 1.54) is 18.2 Å². The van der Waals surface area contributed by atoms with Gasteiger partial charge in [0.15, 0.2) is 0 Å². The van der Waals surface area contributed by atoms with Crippen LogP contribution in [0.2, 0.25) is 0 Å². The lowest BCUT2D eigenvalue weighted by Crippen LogP contribution is -2.49. The molecule has 1 N–H and O–H groups in total. The van der Waals surface area contributed by atoms with Crippen LogP contribution in [0.15, 0.2) is 65.6 Å². The van der Waals surface area contributed by atoms with Crippen LogP contribution >= 0.6 is 0 Å². The number of non-ortho nitro benzene ring substituents is 1. The molecule has 1 unspecified atom stereocenters. The Bertz CT molecular complexity index is 830. The quantitative estimate of drug-likeness (QED) is 0.422. The normalized spacial score (nSPS) is 17.6. The number of hydrogen-bond acceptors (Lipinski definition) is 6. The highest BCUT2D eigenvalue weighted by Gasteiger charge is 2.36. The summed E-state index contributed by atoms with van der Waals surface area (Å²) >= 11 is 0. The van der Waals surface area contributed by atoms with Crippen LogP contribution in [0.5, 0.6) is 0 Å². The fraction of sp³-hybridized carbons (Fsp3) is 0.294. The highest BCUT2D eigenvalue weighted by molar-refractivity contribution is 7.89. The molecule has 2 rings (SSSR count). The zero-order valence-electron chi connectivity index (χ0n) is 14.4. The van der Waals surface area contributed by atoms with Crippen molar-refractivity contribution in [1.82, 2.24) is 9.79 Å². The first-order valence-corrected chi connectivity index (χ1v) is 9.32. The van der Waals surface area contributed by atoms with Gasteiger partial charge in [0.05, 0.1) is 22.5 Å². The minimum atomic E-state index is -4.06. The van der Waals surface area contributed by atoms with Crippen molar-refractivity contribution >= 4 is 15.7 Å². The summed E-state index contributed by atoms with van der Waals surface area (Å²) in [6.45, 7) is 10.2. The van der Waals surface area contributed by atoms with Crippen LogP contribution in [0.25, 0.3) is 0 Å². The highest BCUT2D eigenvalue weighted by Crippen LogP contribution is 2.27. The fourth-order valence-corrected chi connectivity index (χ4v) is 4.00. The number of sulfonamides is 1. The summed E-state index contributed by atoms with van der Waals surface area (Å²) in [6, 6.07) is 4.07. The first kappa shape index (κ1) is 20.0. The second kappa shape index (κ2) is 8.37. The lowest BCUT2D eigenvalue weighted by Gasteiger charge is -2.34. The van der Waals surface area contributed by atoms with Crippen LogP contribution in [-0.4, -0.2) is 43.5 Å². The topological polar surface area (TPSA) is 102 Å². The van der Waals surface area contributed by atoms with E-state index >= 15 is 0 Å². The Hall–Kier alpha value is -2.33. The van der Waals surface area contributed by atoms with E-state index in [-0.39, 0.29) is 17.2 Å². The summed E-state index contributed by atoms with van der Waals surface area (Å²) in [4.78, 5) is 15.6. The maximum absolute atomic E-state index is 13.1. The van der Waals surface area contributed by atoms with Gasteiger partial charge in [-0.3, -0.25) is 15.0 Å². The van der Waals surface area contributed by atoms with E-state index < -0.39 is 21.0 Å². The van der Waals surface area contributed by atoms with Gasteiger partial charge in [-0.15, -0.1) is 6.58 Å². The minimum absolute atomic E-state index is 0.00776. The summed E-state index contributed by atoms with van der Waals surface area (Å²) in [5.41, 5.74) is 1.31. The first-order chi connectivity index (χ1) is 12.3. The molecule has 0 saturated carbocycles. The van der Waals surface area contributed by atoms with Gasteiger partial charge in [-0.25, -0.2) is 8.42 Å². The largest absolute Gasteiger partial charge is 0.311 e. The van der Waals surface area contributed by atoms with Crippen LogP contribution in [0, 0.1) is 10.1 Å². The summed E-state index contributed by atoms with van der Waals surface area (Å²) in [5.74, 6) is 0. The summed E-state index contributed by atoms with van der Waals surface area (Å²) in [6.07, 6.45) is 3.31. The molecule has 0 amide bonds. The average Bonchev–Trinajstić information content (AvgIpc) is 2.62. The molecular formula is C17H21N3O5S. The predicted molar refractivity (Wildman–Crippen MR) is 97.8 cm³/mol. The van der Waals surface area contributed by atoms with Crippen molar-refractivity contribution in [3.8, 4) is 0 Å². The second-order valence-corrected chi connectivity index (χ2v) is 7.49. The molecule has 0 saturated heterocycles. The van der Waals surface area contributed by atoms with Gasteiger partial charge in [-0.2, -0.15) is 0 Å². The third-order valence-electron chi connectivity index (χ3n) is 3.81. The number of nitrogens with zero attached hydrogens (tertiary/aromatic N) is 2. The third kappa shape index (κ3) is 4.25. The molecule has 1 aliphatic heterocycles. The van der Waals surface area contributed by atoms with E-state index in [1.54, 1.807) is 6.92 Å². The number of rotatable bonds is 8. The Labute approximate surface area is 152 Å². The maximum Gasteiger partial charge on any atom is 0.269 e. The Morgan fingerprint density at radius 1 is 1.46 bits per heavy atom. The maximum atomic E-state index is 13.1. The van der Waals surface area contributed by atoms with Crippen molar-refractivity contribution in [2.24, 2.45) is 0 Å². The predicted octanol–water partition coefficient (Wildman–Crippen LogP) is 2.18. The number of nitrogens with one attached hydrogen (secondary N) is 1. The molecule has 0 radical (unpaired) electrons. The molecule has 0 aromatic heterocycles. The molecule has 140 valence electrons. The molecule has 1 aliphatic rings. The molecule has 0 fully saturated rings. The van der Waals surface area contributed by atoms with E-state index in [0.29, 0.717) is 13.1 Å². The van der Waals surface area contributed by atoms with Gasteiger partial charge in [0, 0.05) is 25.2 Å². The summed E-state index contributed by atoms with van der Waals surface area (Å²) in [7, 11) is -4.06. The zero-order chi connectivity index (χ0) is 19.3. The molecular weight excluding hydrogens is 358 g/mol. The molecule has 8 nitrogen and oxygen atoms in total. The Morgan fingerprint density at radius 3 is 2.65 bits per heavy atom. The van der Waals surface area contributed by atoms with Crippen molar-refractivity contribution < 1.29 is 18.2 Å². The Kier molecular flexibility index (Phi) is 6.43. The lowest BCUT2D eigenvalue weighted by molar-refractivity contribution is -0.384. The van der Waals surface area contributed by atoms with Gasteiger partial charge in [0.25, 0.3) is 15.7 Å². The van der Waals surface area contributed by atoms with Gasteiger partial charge in [0.1, 0.15) is 0 Å². The standard InChI is InChI=1S/C17H21N3O5S/c1-4-11-25-20(17-12-18-10-9-16(17)13(2)3)26(23,24)15-7-5-14(6-8-15)19(21)22/h4-9,17-18H,1-2,10-12H2,3H3. The molecule has 26 heavy (non-hydrogen) atoms. The van der Waals surface area contributed by atoms with Gasteiger partial charge in [-0.05, 0) is 24.6 Å². The monoisotopic (exact) mass is 379 g/mol. The van der Waals surface area contributed by atoms with E-state index in [0.717, 1.165) is 27.7 Å². The fourth-order valence-electron chi connectivity index (χ4n) is 2.59. The molecule has 1 aromatic rings. The van der Waals surface area contributed by atoms with E-state index in [2.05, 4.69) is 18.5 Å². The van der Waals surface area contributed by atoms with Crippen molar-refractivity contribution in [3.63, 3.8) is 0 Å². The van der Waals surface area contributed by atoms with Crippen molar-refractivity contribution in [3.05, 3.63) is 70.8 Å². The summed E-state index contributed by atoms with van der Waals surface area (Å²) < 4.78 is 27.1. The first-order valence-electron chi connectivity index (χ1n) is 7.88. The minimum Gasteiger partial charge on any atom is -0.311 e. The van der Waals surface area contributed by atoms with Crippen molar-refractivity contribution in [1.29, 1.82) is 0 Å². The van der Waals surface area contributed by atoms with Crippen LogP contribution in [0.3, 0.4) is 0 Å². The van der Waals surface area contributed by atoms with Crippen LogP contribution in [-0.2, 0) is 14.9 Å². The average molecular weight is 379 g/mol. The SMILES string of the molecule is C=CCON(C1CNCC=C1C(=C)C)S(=O)(=O)c1ccc([N+](=O)[O-])cc1. The van der Waals surface area contributed by atoms with E-state index in [9.17, 15) is 18.5 Å².